The summed E-state index contributed by atoms with van der Waals surface area (Å²) in [4.78, 5) is 27.2. The first-order valence-corrected chi connectivity index (χ1v) is 11.5. The number of esters is 1. The summed E-state index contributed by atoms with van der Waals surface area (Å²) in [5, 5.41) is 19.1. The average molecular weight is 422 g/mol. The van der Waals surface area contributed by atoms with Gasteiger partial charge in [0.1, 0.15) is 12.2 Å². The lowest BCUT2D eigenvalue weighted by atomic mass is 10.0. The van der Waals surface area contributed by atoms with Gasteiger partial charge < -0.3 is 14.9 Å². The van der Waals surface area contributed by atoms with Gasteiger partial charge in [-0.2, -0.15) is 0 Å². The third-order valence-corrected chi connectivity index (χ3v) is 5.40. The molecule has 0 radical (unpaired) electrons. The molecule has 6 heteroatoms. The zero-order valence-electron chi connectivity index (χ0n) is 18.8. The van der Waals surface area contributed by atoms with Crippen LogP contribution in [0.15, 0.2) is 6.20 Å². The second-order valence-electron chi connectivity index (χ2n) is 8.05. The summed E-state index contributed by atoms with van der Waals surface area (Å²) in [6, 6.07) is 0. The fourth-order valence-electron chi connectivity index (χ4n) is 3.50. The lowest BCUT2D eigenvalue weighted by Gasteiger charge is -2.10. The van der Waals surface area contributed by atoms with Crippen molar-refractivity contribution < 1.29 is 24.5 Å². The quantitative estimate of drug-likeness (QED) is 0.226. The van der Waals surface area contributed by atoms with E-state index in [-0.39, 0.29) is 35.1 Å². The SMILES string of the molecule is CCCCCCCCCCCCCCCC(=O)OCc1cnc(C)c(O)c1C(=O)O. The first kappa shape index (κ1) is 25.9. The molecule has 0 saturated carbocycles. The van der Waals surface area contributed by atoms with E-state index in [2.05, 4.69) is 11.9 Å². The summed E-state index contributed by atoms with van der Waals surface area (Å²) in [6.45, 7) is 3.57. The number of hydrogen-bond donors (Lipinski definition) is 2. The molecule has 0 spiro atoms. The van der Waals surface area contributed by atoms with Gasteiger partial charge in [0.15, 0.2) is 5.75 Å². The van der Waals surface area contributed by atoms with Crippen molar-refractivity contribution in [3.8, 4) is 5.75 Å². The van der Waals surface area contributed by atoms with Gasteiger partial charge in [0, 0.05) is 18.2 Å². The Hall–Kier alpha value is -2.11. The maximum atomic E-state index is 11.9. The second kappa shape index (κ2) is 15.7. The molecule has 2 N–H and O–H groups in total. The highest BCUT2D eigenvalue weighted by Crippen LogP contribution is 2.24. The molecule has 0 bridgehead atoms. The molecule has 0 aromatic carbocycles. The molecule has 170 valence electrons. The maximum Gasteiger partial charge on any atom is 0.340 e. The maximum absolute atomic E-state index is 11.9. The van der Waals surface area contributed by atoms with Crippen molar-refractivity contribution in [1.29, 1.82) is 0 Å². The Bertz CT molecular complexity index is 645. The van der Waals surface area contributed by atoms with E-state index in [1.165, 1.54) is 77.3 Å². The summed E-state index contributed by atoms with van der Waals surface area (Å²) < 4.78 is 5.17. The summed E-state index contributed by atoms with van der Waals surface area (Å²) in [6.07, 6.45) is 17.8. The van der Waals surface area contributed by atoms with Crippen molar-refractivity contribution in [3.63, 3.8) is 0 Å². The van der Waals surface area contributed by atoms with Crippen molar-refractivity contribution in [2.24, 2.45) is 0 Å². The van der Waals surface area contributed by atoms with Crippen LogP contribution in [-0.4, -0.2) is 27.1 Å². The topological polar surface area (TPSA) is 96.7 Å². The number of carbonyl (C=O) groups excluding carboxylic acids is 1. The number of hydrogen-bond acceptors (Lipinski definition) is 5. The van der Waals surface area contributed by atoms with Crippen molar-refractivity contribution >= 4 is 11.9 Å². The number of carbonyl (C=O) groups is 2. The molecule has 0 amide bonds. The molecule has 6 nitrogen and oxygen atoms in total. The van der Waals surface area contributed by atoms with Crippen LogP contribution in [0, 0.1) is 6.92 Å². The highest BCUT2D eigenvalue weighted by molar-refractivity contribution is 5.92. The van der Waals surface area contributed by atoms with E-state index in [9.17, 15) is 19.8 Å². The second-order valence-corrected chi connectivity index (χ2v) is 8.05. The molecule has 0 saturated heterocycles. The van der Waals surface area contributed by atoms with Crippen LogP contribution in [0.3, 0.4) is 0 Å². The van der Waals surface area contributed by atoms with Gasteiger partial charge in [-0.3, -0.25) is 9.78 Å². The number of unbranched alkanes of at least 4 members (excludes halogenated alkanes) is 12. The Morgan fingerprint density at radius 2 is 1.40 bits per heavy atom. The van der Waals surface area contributed by atoms with Gasteiger partial charge in [0.05, 0.1) is 5.69 Å². The number of aromatic nitrogens is 1. The van der Waals surface area contributed by atoms with Gasteiger partial charge in [0.2, 0.25) is 0 Å². The van der Waals surface area contributed by atoms with E-state index in [1.807, 2.05) is 0 Å². The van der Waals surface area contributed by atoms with Crippen LogP contribution in [0.2, 0.25) is 0 Å². The monoisotopic (exact) mass is 421 g/mol. The molecule has 30 heavy (non-hydrogen) atoms. The van der Waals surface area contributed by atoms with E-state index in [0.717, 1.165) is 19.3 Å². The summed E-state index contributed by atoms with van der Waals surface area (Å²) in [5.74, 6) is -2.00. The fourth-order valence-corrected chi connectivity index (χ4v) is 3.50. The van der Waals surface area contributed by atoms with Gasteiger partial charge in [-0.25, -0.2) is 4.79 Å². The number of rotatable bonds is 17. The minimum Gasteiger partial charge on any atom is -0.505 e. The average Bonchev–Trinajstić information content (AvgIpc) is 2.72. The lowest BCUT2D eigenvalue weighted by Crippen LogP contribution is -2.10. The van der Waals surface area contributed by atoms with E-state index in [0.29, 0.717) is 6.42 Å². The summed E-state index contributed by atoms with van der Waals surface area (Å²) in [5.41, 5.74) is 0.176. The zero-order chi connectivity index (χ0) is 22.2. The van der Waals surface area contributed by atoms with Crippen LogP contribution in [0.1, 0.15) is 118 Å². The number of aromatic hydroxyl groups is 1. The minimum atomic E-state index is -1.26. The van der Waals surface area contributed by atoms with Gasteiger partial charge in [-0.15, -0.1) is 0 Å². The van der Waals surface area contributed by atoms with Crippen LogP contribution in [-0.2, 0) is 16.1 Å². The number of aryl methyl sites for hydroxylation is 1. The van der Waals surface area contributed by atoms with Gasteiger partial charge in [-0.05, 0) is 13.3 Å². The predicted molar refractivity (Wildman–Crippen MR) is 118 cm³/mol. The first-order chi connectivity index (χ1) is 14.5. The van der Waals surface area contributed by atoms with Crippen LogP contribution >= 0.6 is 0 Å². The lowest BCUT2D eigenvalue weighted by molar-refractivity contribution is -0.145. The van der Waals surface area contributed by atoms with E-state index < -0.39 is 5.97 Å². The van der Waals surface area contributed by atoms with Crippen molar-refractivity contribution in [2.75, 3.05) is 0 Å². The number of pyridine rings is 1. The van der Waals surface area contributed by atoms with Crippen molar-refractivity contribution in [1.82, 2.24) is 4.98 Å². The van der Waals surface area contributed by atoms with Crippen LogP contribution in [0.5, 0.6) is 5.75 Å². The highest BCUT2D eigenvalue weighted by atomic mass is 16.5. The molecule has 1 aromatic heterocycles. The highest BCUT2D eigenvalue weighted by Gasteiger charge is 2.19. The van der Waals surface area contributed by atoms with Crippen LogP contribution in [0.4, 0.5) is 0 Å². The van der Waals surface area contributed by atoms with Gasteiger partial charge in [0.25, 0.3) is 0 Å². The normalized spacial score (nSPS) is 10.9. The summed E-state index contributed by atoms with van der Waals surface area (Å²) >= 11 is 0. The van der Waals surface area contributed by atoms with E-state index in [4.69, 9.17) is 4.74 Å². The predicted octanol–water partition coefficient (Wildman–Crippen LogP) is 6.32. The zero-order valence-corrected chi connectivity index (χ0v) is 18.8. The number of carboxylic acids is 1. The molecule has 1 rings (SSSR count). The third kappa shape index (κ3) is 10.6. The Labute approximate surface area is 181 Å². The number of nitrogens with zero attached hydrogens (tertiary/aromatic N) is 1. The van der Waals surface area contributed by atoms with Gasteiger partial charge in [-0.1, -0.05) is 84.0 Å². The number of carboxylic acid groups (broad SMARTS) is 1. The number of aromatic carboxylic acids is 1. The van der Waals surface area contributed by atoms with E-state index in [1.54, 1.807) is 0 Å². The molecular weight excluding hydrogens is 382 g/mol. The minimum absolute atomic E-state index is 0.195. The van der Waals surface area contributed by atoms with E-state index >= 15 is 0 Å². The molecule has 0 aliphatic carbocycles. The standard InChI is InChI=1S/C24H39NO5/c1-3-4-5-6-7-8-9-10-11-12-13-14-15-16-21(26)30-18-20-17-25-19(2)23(27)22(20)24(28)29/h17,27H,3-16,18H2,1-2H3,(H,28,29). The largest absolute Gasteiger partial charge is 0.505 e. The third-order valence-electron chi connectivity index (χ3n) is 5.40. The summed E-state index contributed by atoms with van der Waals surface area (Å²) in [7, 11) is 0. The van der Waals surface area contributed by atoms with Crippen molar-refractivity contribution in [3.05, 3.63) is 23.0 Å². The molecule has 0 aliphatic heterocycles. The Balaban J connectivity index is 2.07. The molecule has 0 unspecified atom stereocenters. The fraction of sp³-hybridized carbons (Fsp3) is 0.708. The smallest absolute Gasteiger partial charge is 0.340 e. The van der Waals surface area contributed by atoms with Gasteiger partial charge >= 0.3 is 11.9 Å². The first-order valence-electron chi connectivity index (χ1n) is 11.5. The number of ether oxygens (including phenoxy) is 1. The molecule has 1 heterocycles. The molecular formula is C24H39NO5. The molecule has 0 aliphatic rings. The molecule has 1 aromatic rings. The van der Waals surface area contributed by atoms with Crippen LogP contribution < -0.4 is 0 Å². The Morgan fingerprint density at radius 1 is 0.900 bits per heavy atom. The Kier molecular flexibility index (Phi) is 13.6. The molecule has 0 fully saturated rings. The molecule has 0 atom stereocenters. The van der Waals surface area contributed by atoms with Crippen molar-refractivity contribution in [2.45, 2.75) is 110 Å². The van der Waals surface area contributed by atoms with Crippen LogP contribution in [0.25, 0.3) is 0 Å². The Morgan fingerprint density at radius 3 is 1.90 bits per heavy atom.